The Labute approximate surface area is 100 Å². The van der Waals surface area contributed by atoms with Crippen molar-refractivity contribution < 1.29 is 9.53 Å². The van der Waals surface area contributed by atoms with Crippen LogP contribution in [0.4, 0.5) is 0 Å². The van der Waals surface area contributed by atoms with Crippen molar-refractivity contribution in [3.8, 4) is 0 Å². The first kappa shape index (κ1) is 15.4. The molecule has 0 aliphatic heterocycles. The number of rotatable bonds is 5. The Hall–Kier alpha value is -0.570. The molecule has 0 aromatic carbocycles. The lowest BCUT2D eigenvalue weighted by molar-refractivity contribution is -0.160. The van der Waals surface area contributed by atoms with Gasteiger partial charge in [-0.3, -0.25) is 9.69 Å². The molecule has 0 bridgehead atoms. The normalized spacial score (nSPS) is 14.3. The second-order valence-corrected chi connectivity index (χ2v) is 5.87. The summed E-state index contributed by atoms with van der Waals surface area (Å²) in [6.45, 7) is 12.9. The van der Waals surface area contributed by atoms with Gasteiger partial charge in [-0.05, 0) is 53.6 Å². The molecule has 0 amide bonds. The van der Waals surface area contributed by atoms with Crippen molar-refractivity contribution in [2.45, 2.75) is 59.6 Å². The molecule has 0 aromatic rings. The van der Waals surface area contributed by atoms with Crippen LogP contribution >= 0.6 is 0 Å². The van der Waals surface area contributed by atoms with Crippen molar-refractivity contribution in [2.24, 2.45) is 5.92 Å². The highest BCUT2D eigenvalue weighted by Gasteiger charge is 2.24. The molecule has 0 aliphatic carbocycles. The van der Waals surface area contributed by atoms with Gasteiger partial charge in [0.25, 0.3) is 0 Å². The molecule has 0 aliphatic rings. The van der Waals surface area contributed by atoms with Gasteiger partial charge in [-0.2, -0.15) is 0 Å². The Kier molecular flexibility index (Phi) is 6.01. The quantitative estimate of drug-likeness (QED) is 0.679. The highest BCUT2D eigenvalue weighted by Crippen LogP contribution is 2.11. The number of nitrogens with zero attached hydrogens (tertiary/aromatic N) is 1. The number of hydrogen-bond acceptors (Lipinski definition) is 3. The smallest absolute Gasteiger partial charge is 0.323 e. The molecule has 3 heteroatoms. The average molecular weight is 229 g/mol. The number of carbonyl (C=O) groups excluding carboxylic acids is 1. The largest absolute Gasteiger partial charge is 0.459 e. The van der Waals surface area contributed by atoms with Crippen molar-refractivity contribution in [3.05, 3.63) is 0 Å². The van der Waals surface area contributed by atoms with Gasteiger partial charge in [0, 0.05) is 0 Å². The Balaban J connectivity index is 4.12. The van der Waals surface area contributed by atoms with E-state index in [9.17, 15) is 4.79 Å². The zero-order valence-electron chi connectivity index (χ0n) is 11.8. The van der Waals surface area contributed by atoms with Crippen LogP contribution in [0.2, 0.25) is 0 Å². The van der Waals surface area contributed by atoms with E-state index < -0.39 is 5.60 Å². The Morgan fingerprint density at radius 3 is 2.12 bits per heavy atom. The third kappa shape index (κ3) is 6.83. The minimum atomic E-state index is -0.399. The highest BCUT2D eigenvalue weighted by molar-refractivity contribution is 5.75. The zero-order valence-corrected chi connectivity index (χ0v) is 11.8. The van der Waals surface area contributed by atoms with Gasteiger partial charge in [0.05, 0.1) is 0 Å². The summed E-state index contributed by atoms with van der Waals surface area (Å²) in [5, 5.41) is 0. The molecule has 0 saturated heterocycles. The first-order chi connectivity index (χ1) is 7.13. The SMILES string of the molecule is CC(C)CCN(C)C(C)C(=O)OC(C)(C)C. The topological polar surface area (TPSA) is 29.5 Å². The lowest BCUT2D eigenvalue weighted by atomic mass is 10.1. The average Bonchev–Trinajstić information content (AvgIpc) is 2.10. The predicted octanol–water partition coefficient (Wildman–Crippen LogP) is 2.69. The standard InChI is InChI=1S/C13H27NO2/c1-10(2)8-9-14(7)11(3)12(15)16-13(4,5)6/h10-11H,8-9H2,1-7H3. The van der Waals surface area contributed by atoms with Crippen LogP contribution in [-0.4, -0.2) is 36.1 Å². The van der Waals surface area contributed by atoms with E-state index in [1.165, 1.54) is 0 Å². The van der Waals surface area contributed by atoms with E-state index in [0.29, 0.717) is 5.92 Å². The summed E-state index contributed by atoms with van der Waals surface area (Å²) in [6, 6.07) is -0.169. The molecule has 0 N–H and O–H groups in total. The van der Waals surface area contributed by atoms with Crippen molar-refractivity contribution in [2.75, 3.05) is 13.6 Å². The molecule has 0 heterocycles. The molecular weight excluding hydrogens is 202 g/mol. The van der Waals surface area contributed by atoms with Crippen LogP contribution in [0.25, 0.3) is 0 Å². The number of hydrogen-bond donors (Lipinski definition) is 0. The number of carbonyl (C=O) groups is 1. The molecule has 0 spiro atoms. The second-order valence-electron chi connectivity index (χ2n) is 5.87. The van der Waals surface area contributed by atoms with Crippen LogP contribution in [0.3, 0.4) is 0 Å². The van der Waals surface area contributed by atoms with Gasteiger partial charge in [0.1, 0.15) is 11.6 Å². The first-order valence-electron chi connectivity index (χ1n) is 6.06. The summed E-state index contributed by atoms with van der Waals surface area (Å²) in [6.07, 6.45) is 1.10. The summed E-state index contributed by atoms with van der Waals surface area (Å²) in [5.74, 6) is 0.520. The lowest BCUT2D eigenvalue weighted by Crippen LogP contribution is -2.41. The van der Waals surface area contributed by atoms with Gasteiger partial charge in [-0.15, -0.1) is 0 Å². The van der Waals surface area contributed by atoms with E-state index >= 15 is 0 Å². The summed E-state index contributed by atoms with van der Waals surface area (Å²) in [7, 11) is 1.97. The molecule has 1 unspecified atom stereocenters. The van der Waals surface area contributed by atoms with Gasteiger partial charge >= 0.3 is 5.97 Å². The summed E-state index contributed by atoms with van der Waals surface area (Å²) < 4.78 is 5.35. The van der Waals surface area contributed by atoms with Crippen LogP contribution in [0.15, 0.2) is 0 Å². The Morgan fingerprint density at radius 2 is 1.75 bits per heavy atom. The van der Waals surface area contributed by atoms with Crippen LogP contribution in [-0.2, 0) is 9.53 Å². The minimum Gasteiger partial charge on any atom is -0.459 e. The van der Waals surface area contributed by atoms with Gasteiger partial charge in [0.2, 0.25) is 0 Å². The maximum absolute atomic E-state index is 11.8. The summed E-state index contributed by atoms with van der Waals surface area (Å²) in [4.78, 5) is 13.8. The highest BCUT2D eigenvalue weighted by atomic mass is 16.6. The van der Waals surface area contributed by atoms with Gasteiger partial charge < -0.3 is 4.74 Å². The fourth-order valence-electron chi connectivity index (χ4n) is 1.22. The minimum absolute atomic E-state index is 0.140. The van der Waals surface area contributed by atoms with Crippen LogP contribution in [0.5, 0.6) is 0 Å². The first-order valence-corrected chi connectivity index (χ1v) is 6.06. The number of ether oxygens (including phenoxy) is 1. The molecular formula is C13H27NO2. The van der Waals surface area contributed by atoms with E-state index in [4.69, 9.17) is 4.74 Å². The molecule has 0 rings (SSSR count). The van der Waals surface area contributed by atoms with E-state index in [2.05, 4.69) is 13.8 Å². The molecule has 1 atom stereocenters. The molecule has 0 saturated carbocycles. The zero-order chi connectivity index (χ0) is 12.9. The van der Waals surface area contributed by atoms with Crippen molar-refractivity contribution >= 4 is 5.97 Å². The molecule has 16 heavy (non-hydrogen) atoms. The van der Waals surface area contributed by atoms with E-state index in [-0.39, 0.29) is 12.0 Å². The third-order valence-electron chi connectivity index (χ3n) is 2.47. The number of esters is 1. The molecule has 96 valence electrons. The van der Waals surface area contributed by atoms with E-state index in [0.717, 1.165) is 13.0 Å². The third-order valence-corrected chi connectivity index (χ3v) is 2.47. The summed E-state index contributed by atoms with van der Waals surface area (Å²) in [5.41, 5.74) is -0.399. The van der Waals surface area contributed by atoms with Crippen molar-refractivity contribution in [3.63, 3.8) is 0 Å². The molecule has 0 radical (unpaired) electrons. The molecule has 0 aromatic heterocycles. The fourth-order valence-corrected chi connectivity index (χ4v) is 1.22. The maximum atomic E-state index is 11.8. The van der Waals surface area contributed by atoms with E-state index in [1.54, 1.807) is 0 Å². The lowest BCUT2D eigenvalue weighted by Gasteiger charge is -2.27. The monoisotopic (exact) mass is 229 g/mol. The maximum Gasteiger partial charge on any atom is 0.323 e. The van der Waals surface area contributed by atoms with Crippen LogP contribution in [0.1, 0.15) is 48.0 Å². The van der Waals surface area contributed by atoms with E-state index in [1.807, 2.05) is 39.6 Å². The van der Waals surface area contributed by atoms with Crippen molar-refractivity contribution in [1.29, 1.82) is 0 Å². The Bertz CT molecular complexity index is 218. The fraction of sp³-hybridized carbons (Fsp3) is 0.923. The second kappa shape index (κ2) is 6.24. The number of likely N-dealkylation sites (N-methyl/N-ethyl adjacent to an activating group) is 1. The van der Waals surface area contributed by atoms with Gasteiger partial charge in [-0.25, -0.2) is 0 Å². The van der Waals surface area contributed by atoms with Crippen LogP contribution in [0, 0.1) is 5.92 Å². The summed E-state index contributed by atoms with van der Waals surface area (Å²) >= 11 is 0. The Morgan fingerprint density at radius 1 is 1.25 bits per heavy atom. The van der Waals surface area contributed by atoms with Crippen molar-refractivity contribution in [1.82, 2.24) is 4.90 Å². The van der Waals surface area contributed by atoms with Crippen LogP contribution < -0.4 is 0 Å². The predicted molar refractivity (Wildman–Crippen MR) is 67.4 cm³/mol. The van der Waals surface area contributed by atoms with Gasteiger partial charge in [0.15, 0.2) is 0 Å². The molecule has 3 nitrogen and oxygen atoms in total. The van der Waals surface area contributed by atoms with Gasteiger partial charge in [-0.1, -0.05) is 13.8 Å². The molecule has 0 fully saturated rings.